The predicted molar refractivity (Wildman–Crippen MR) is 64.9 cm³/mol. The van der Waals surface area contributed by atoms with Crippen molar-refractivity contribution >= 4 is 11.3 Å². The highest BCUT2D eigenvalue weighted by atomic mass is 32.1. The molecule has 16 heavy (non-hydrogen) atoms. The standard InChI is InChI=1S/C11H14N4S/c1-8-7-16-11(14-8)5-10(15-12)9-3-2-4-13-6-9/h2-4,6-7,10,15H,5,12H2,1H3. The fourth-order valence-electron chi connectivity index (χ4n) is 1.53. The number of rotatable bonds is 4. The van der Waals surface area contributed by atoms with E-state index in [-0.39, 0.29) is 6.04 Å². The van der Waals surface area contributed by atoms with Crippen LogP contribution in [0, 0.1) is 6.92 Å². The van der Waals surface area contributed by atoms with E-state index in [4.69, 9.17) is 5.84 Å². The molecule has 2 aromatic heterocycles. The van der Waals surface area contributed by atoms with Crippen LogP contribution in [0.4, 0.5) is 0 Å². The first kappa shape index (κ1) is 11.2. The maximum absolute atomic E-state index is 5.56. The summed E-state index contributed by atoms with van der Waals surface area (Å²) >= 11 is 1.66. The second-order valence-corrected chi connectivity index (χ2v) is 4.54. The summed E-state index contributed by atoms with van der Waals surface area (Å²) in [6.45, 7) is 1.99. The van der Waals surface area contributed by atoms with Gasteiger partial charge in [0.2, 0.25) is 0 Å². The lowest BCUT2D eigenvalue weighted by atomic mass is 10.1. The largest absolute Gasteiger partial charge is 0.271 e. The van der Waals surface area contributed by atoms with Crippen LogP contribution in [-0.4, -0.2) is 9.97 Å². The van der Waals surface area contributed by atoms with Gasteiger partial charge in [-0.2, -0.15) is 0 Å². The molecular formula is C11H14N4S. The highest BCUT2D eigenvalue weighted by molar-refractivity contribution is 7.09. The fraction of sp³-hybridized carbons (Fsp3) is 0.273. The van der Waals surface area contributed by atoms with Crippen LogP contribution in [0.1, 0.15) is 22.3 Å². The zero-order chi connectivity index (χ0) is 11.4. The molecule has 0 aliphatic heterocycles. The molecule has 5 heteroatoms. The summed E-state index contributed by atoms with van der Waals surface area (Å²) in [6, 6.07) is 3.99. The van der Waals surface area contributed by atoms with Gasteiger partial charge in [0.15, 0.2) is 0 Å². The van der Waals surface area contributed by atoms with Crippen LogP contribution in [-0.2, 0) is 6.42 Å². The Kier molecular flexibility index (Phi) is 3.61. The van der Waals surface area contributed by atoms with Crippen molar-refractivity contribution in [2.75, 3.05) is 0 Å². The molecule has 0 aliphatic rings. The minimum atomic E-state index is 0.0687. The molecule has 1 unspecified atom stereocenters. The number of pyridine rings is 1. The van der Waals surface area contributed by atoms with E-state index in [1.54, 1.807) is 17.5 Å². The van der Waals surface area contributed by atoms with Gasteiger partial charge in [-0.15, -0.1) is 11.3 Å². The van der Waals surface area contributed by atoms with Gasteiger partial charge in [0.25, 0.3) is 0 Å². The number of nitrogens with two attached hydrogens (primary N) is 1. The molecule has 0 saturated heterocycles. The van der Waals surface area contributed by atoms with Gasteiger partial charge in [-0.25, -0.2) is 4.98 Å². The number of hydrogen-bond acceptors (Lipinski definition) is 5. The number of nitrogens with one attached hydrogen (secondary N) is 1. The molecule has 0 amide bonds. The van der Waals surface area contributed by atoms with E-state index in [1.807, 2.05) is 30.6 Å². The first-order chi connectivity index (χ1) is 7.79. The minimum Gasteiger partial charge on any atom is -0.271 e. The normalized spacial score (nSPS) is 12.6. The Bertz CT molecular complexity index is 440. The van der Waals surface area contributed by atoms with E-state index in [0.29, 0.717) is 0 Å². The Morgan fingerprint density at radius 3 is 3.00 bits per heavy atom. The molecule has 2 rings (SSSR count). The first-order valence-electron chi connectivity index (χ1n) is 5.06. The molecular weight excluding hydrogens is 220 g/mol. The van der Waals surface area contributed by atoms with Crippen molar-refractivity contribution in [1.29, 1.82) is 0 Å². The van der Waals surface area contributed by atoms with Crippen molar-refractivity contribution in [2.45, 2.75) is 19.4 Å². The summed E-state index contributed by atoms with van der Waals surface area (Å²) in [7, 11) is 0. The summed E-state index contributed by atoms with van der Waals surface area (Å²) < 4.78 is 0. The molecule has 0 aliphatic carbocycles. The van der Waals surface area contributed by atoms with E-state index in [9.17, 15) is 0 Å². The molecule has 0 saturated carbocycles. The second kappa shape index (κ2) is 5.16. The lowest BCUT2D eigenvalue weighted by Crippen LogP contribution is -2.29. The van der Waals surface area contributed by atoms with Gasteiger partial charge in [-0.05, 0) is 18.6 Å². The van der Waals surface area contributed by atoms with Crippen molar-refractivity contribution in [3.8, 4) is 0 Å². The van der Waals surface area contributed by atoms with Crippen molar-refractivity contribution in [3.63, 3.8) is 0 Å². The third-order valence-electron chi connectivity index (χ3n) is 2.33. The number of hydrazine groups is 1. The summed E-state index contributed by atoms with van der Waals surface area (Å²) in [5.74, 6) is 5.56. The summed E-state index contributed by atoms with van der Waals surface area (Å²) in [5, 5.41) is 3.14. The predicted octanol–water partition coefficient (Wildman–Crippen LogP) is 1.59. The van der Waals surface area contributed by atoms with Crippen LogP contribution in [0.5, 0.6) is 0 Å². The zero-order valence-corrected chi connectivity index (χ0v) is 9.87. The number of aromatic nitrogens is 2. The van der Waals surface area contributed by atoms with Crippen LogP contribution in [0.15, 0.2) is 29.9 Å². The molecule has 3 N–H and O–H groups in total. The Hall–Kier alpha value is -1.30. The van der Waals surface area contributed by atoms with Crippen LogP contribution >= 0.6 is 11.3 Å². The Balaban J connectivity index is 2.12. The molecule has 0 spiro atoms. The molecule has 1 atom stereocenters. The summed E-state index contributed by atoms with van der Waals surface area (Å²) in [5.41, 5.74) is 4.94. The van der Waals surface area contributed by atoms with E-state index in [1.165, 1.54) is 0 Å². The third-order valence-corrected chi connectivity index (χ3v) is 3.32. The molecule has 0 radical (unpaired) electrons. The van der Waals surface area contributed by atoms with Gasteiger partial charge in [-0.3, -0.25) is 16.3 Å². The molecule has 2 heterocycles. The highest BCUT2D eigenvalue weighted by Gasteiger charge is 2.12. The van der Waals surface area contributed by atoms with Gasteiger partial charge < -0.3 is 0 Å². The maximum atomic E-state index is 5.56. The number of nitrogens with zero attached hydrogens (tertiary/aromatic N) is 2. The number of aryl methyl sites for hydroxylation is 1. The van der Waals surface area contributed by atoms with Crippen LogP contribution in [0.3, 0.4) is 0 Å². The van der Waals surface area contributed by atoms with E-state index >= 15 is 0 Å². The van der Waals surface area contributed by atoms with Gasteiger partial charge >= 0.3 is 0 Å². The molecule has 4 nitrogen and oxygen atoms in total. The van der Waals surface area contributed by atoms with Gasteiger partial charge in [0, 0.05) is 29.9 Å². The Morgan fingerprint density at radius 1 is 1.56 bits per heavy atom. The van der Waals surface area contributed by atoms with Crippen molar-refractivity contribution in [1.82, 2.24) is 15.4 Å². The quantitative estimate of drug-likeness (QED) is 0.623. The summed E-state index contributed by atoms with van der Waals surface area (Å²) in [4.78, 5) is 8.51. The lowest BCUT2D eigenvalue weighted by molar-refractivity contribution is 0.549. The van der Waals surface area contributed by atoms with Crippen molar-refractivity contribution < 1.29 is 0 Å². The van der Waals surface area contributed by atoms with Crippen LogP contribution < -0.4 is 11.3 Å². The van der Waals surface area contributed by atoms with Crippen LogP contribution in [0.25, 0.3) is 0 Å². The molecule has 2 aromatic rings. The Labute approximate surface area is 98.5 Å². The number of hydrogen-bond donors (Lipinski definition) is 2. The van der Waals surface area contributed by atoms with Crippen molar-refractivity contribution in [3.05, 3.63) is 46.2 Å². The average Bonchev–Trinajstić information content (AvgIpc) is 2.73. The van der Waals surface area contributed by atoms with E-state index in [2.05, 4.69) is 15.4 Å². The molecule has 84 valence electrons. The zero-order valence-electron chi connectivity index (χ0n) is 9.05. The smallest absolute Gasteiger partial charge is 0.0947 e. The Morgan fingerprint density at radius 2 is 2.44 bits per heavy atom. The average molecular weight is 234 g/mol. The maximum Gasteiger partial charge on any atom is 0.0947 e. The SMILES string of the molecule is Cc1csc(CC(NN)c2cccnc2)n1. The highest BCUT2D eigenvalue weighted by Crippen LogP contribution is 2.19. The monoisotopic (exact) mass is 234 g/mol. The van der Waals surface area contributed by atoms with Gasteiger partial charge in [0.1, 0.15) is 0 Å². The lowest BCUT2D eigenvalue weighted by Gasteiger charge is -2.13. The van der Waals surface area contributed by atoms with E-state index in [0.717, 1.165) is 22.7 Å². The summed E-state index contributed by atoms with van der Waals surface area (Å²) in [6.07, 6.45) is 4.37. The molecule has 0 bridgehead atoms. The van der Waals surface area contributed by atoms with Crippen molar-refractivity contribution in [2.24, 2.45) is 5.84 Å². The minimum absolute atomic E-state index is 0.0687. The number of thiazole rings is 1. The van der Waals surface area contributed by atoms with Gasteiger partial charge in [0.05, 0.1) is 11.0 Å². The fourth-order valence-corrected chi connectivity index (χ4v) is 2.35. The molecule has 0 fully saturated rings. The topological polar surface area (TPSA) is 63.8 Å². The van der Waals surface area contributed by atoms with Crippen LogP contribution in [0.2, 0.25) is 0 Å². The second-order valence-electron chi connectivity index (χ2n) is 3.59. The van der Waals surface area contributed by atoms with E-state index < -0.39 is 0 Å². The van der Waals surface area contributed by atoms with Gasteiger partial charge in [-0.1, -0.05) is 6.07 Å². The molecule has 0 aromatic carbocycles. The first-order valence-corrected chi connectivity index (χ1v) is 5.94. The third kappa shape index (κ3) is 2.63.